The largest absolute Gasteiger partial charge is 0.497 e. The molecule has 0 unspecified atom stereocenters. The predicted molar refractivity (Wildman–Crippen MR) is 55.1 cm³/mol. The molecule has 0 N–H and O–H groups in total. The van der Waals surface area contributed by atoms with Gasteiger partial charge in [-0.05, 0) is 52.8 Å². The molecule has 0 aliphatic heterocycles. The number of benzene rings is 1. The van der Waals surface area contributed by atoms with Gasteiger partial charge in [-0.1, -0.05) is 6.92 Å². The quantitative estimate of drug-likeness (QED) is 0.744. The molecule has 0 atom stereocenters. The average Bonchev–Trinajstić information content (AvgIpc) is 2.05. The Labute approximate surface area is 80.9 Å². The Morgan fingerprint density at radius 2 is 2.18 bits per heavy atom. The zero-order valence-electron chi connectivity index (χ0n) is 6.73. The van der Waals surface area contributed by atoms with Crippen molar-refractivity contribution in [2.75, 3.05) is 7.11 Å². The van der Waals surface area contributed by atoms with Crippen LogP contribution in [-0.2, 0) is 6.42 Å². The van der Waals surface area contributed by atoms with Gasteiger partial charge in [-0.25, -0.2) is 0 Å². The van der Waals surface area contributed by atoms with E-state index in [0.717, 1.165) is 12.2 Å². The number of aryl methyl sites for hydroxylation is 1. The van der Waals surface area contributed by atoms with Crippen LogP contribution >= 0.6 is 22.6 Å². The summed E-state index contributed by atoms with van der Waals surface area (Å²) in [5.74, 6) is 0.947. The highest BCUT2D eigenvalue weighted by molar-refractivity contribution is 14.1. The van der Waals surface area contributed by atoms with Gasteiger partial charge in [0.1, 0.15) is 5.75 Å². The van der Waals surface area contributed by atoms with Crippen molar-refractivity contribution in [3.8, 4) is 5.75 Å². The third kappa shape index (κ3) is 2.09. The minimum Gasteiger partial charge on any atom is -0.497 e. The third-order valence-corrected chi connectivity index (χ3v) is 2.69. The monoisotopic (exact) mass is 262 g/mol. The second-order valence-corrected chi connectivity index (χ2v) is 3.47. The molecule has 0 aliphatic carbocycles. The SMILES string of the molecule is CCc1cc(OC)ccc1I. The number of hydrogen-bond donors (Lipinski definition) is 0. The van der Waals surface area contributed by atoms with Crippen LogP contribution in [0.5, 0.6) is 5.75 Å². The second kappa shape index (κ2) is 3.95. The van der Waals surface area contributed by atoms with Gasteiger partial charge in [0, 0.05) is 3.57 Å². The molecule has 1 aromatic carbocycles. The molecule has 0 heterocycles. The summed E-state index contributed by atoms with van der Waals surface area (Å²) in [5, 5.41) is 0. The zero-order valence-corrected chi connectivity index (χ0v) is 8.88. The van der Waals surface area contributed by atoms with Crippen molar-refractivity contribution in [3.05, 3.63) is 27.3 Å². The van der Waals surface area contributed by atoms with Gasteiger partial charge >= 0.3 is 0 Å². The second-order valence-electron chi connectivity index (χ2n) is 2.31. The van der Waals surface area contributed by atoms with Gasteiger partial charge in [-0.15, -0.1) is 0 Å². The first-order chi connectivity index (χ1) is 5.27. The van der Waals surface area contributed by atoms with Gasteiger partial charge in [-0.2, -0.15) is 0 Å². The smallest absolute Gasteiger partial charge is 0.119 e. The van der Waals surface area contributed by atoms with Crippen LogP contribution in [0.15, 0.2) is 18.2 Å². The van der Waals surface area contributed by atoms with E-state index >= 15 is 0 Å². The molecular weight excluding hydrogens is 251 g/mol. The summed E-state index contributed by atoms with van der Waals surface area (Å²) in [4.78, 5) is 0. The van der Waals surface area contributed by atoms with Gasteiger partial charge in [-0.3, -0.25) is 0 Å². The minimum absolute atomic E-state index is 0.947. The maximum Gasteiger partial charge on any atom is 0.119 e. The van der Waals surface area contributed by atoms with E-state index in [2.05, 4.69) is 41.6 Å². The normalized spacial score (nSPS) is 9.73. The lowest BCUT2D eigenvalue weighted by Gasteiger charge is -2.03. The summed E-state index contributed by atoms with van der Waals surface area (Å²) in [6.07, 6.45) is 1.06. The summed E-state index contributed by atoms with van der Waals surface area (Å²) < 4.78 is 6.42. The zero-order chi connectivity index (χ0) is 8.27. The first-order valence-electron chi connectivity index (χ1n) is 3.60. The van der Waals surface area contributed by atoms with Gasteiger partial charge in [0.05, 0.1) is 7.11 Å². The van der Waals surface area contributed by atoms with Crippen LogP contribution < -0.4 is 4.74 Å². The van der Waals surface area contributed by atoms with Gasteiger partial charge in [0.15, 0.2) is 0 Å². The molecule has 0 saturated heterocycles. The van der Waals surface area contributed by atoms with Crippen LogP contribution in [0.1, 0.15) is 12.5 Å². The Balaban J connectivity index is 3.02. The van der Waals surface area contributed by atoms with Crippen molar-refractivity contribution >= 4 is 22.6 Å². The standard InChI is InChI=1S/C9H11IO/c1-3-7-6-8(11-2)4-5-9(7)10/h4-6H,3H2,1-2H3. The fourth-order valence-corrected chi connectivity index (χ4v) is 1.67. The maximum absolute atomic E-state index is 5.11. The van der Waals surface area contributed by atoms with Crippen LogP contribution in [0.2, 0.25) is 0 Å². The number of halogens is 1. The first kappa shape index (κ1) is 8.84. The molecule has 0 bridgehead atoms. The van der Waals surface area contributed by atoms with Gasteiger partial charge < -0.3 is 4.74 Å². The van der Waals surface area contributed by atoms with Crippen LogP contribution in [0, 0.1) is 3.57 Å². The maximum atomic E-state index is 5.11. The Kier molecular flexibility index (Phi) is 3.17. The molecule has 0 saturated carbocycles. The molecule has 11 heavy (non-hydrogen) atoms. The number of ether oxygens (including phenoxy) is 1. The Morgan fingerprint density at radius 3 is 2.73 bits per heavy atom. The Hall–Kier alpha value is -0.250. The first-order valence-corrected chi connectivity index (χ1v) is 4.68. The molecule has 60 valence electrons. The molecule has 0 fully saturated rings. The van der Waals surface area contributed by atoms with E-state index in [9.17, 15) is 0 Å². The van der Waals surface area contributed by atoms with Crippen LogP contribution in [-0.4, -0.2) is 7.11 Å². The lowest BCUT2D eigenvalue weighted by atomic mass is 10.2. The highest BCUT2D eigenvalue weighted by Crippen LogP contribution is 2.19. The number of hydrogen-bond acceptors (Lipinski definition) is 1. The van der Waals surface area contributed by atoms with E-state index in [1.54, 1.807) is 7.11 Å². The molecular formula is C9H11IO. The van der Waals surface area contributed by atoms with E-state index in [1.807, 2.05) is 6.07 Å². The average molecular weight is 262 g/mol. The third-order valence-electron chi connectivity index (χ3n) is 1.63. The fraction of sp³-hybridized carbons (Fsp3) is 0.333. The summed E-state index contributed by atoms with van der Waals surface area (Å²) in [6.45, 7) is 2.15. The molecule has 0 spiro atoms. The number of rotatable bonds is 2. The highest BCUT2D eigenvalue weighted by atomic mass is 127. The van der Waals surface area contributed by atoms with E-state index in [0.29, 0.717) is 0 Å². The number of methoxy groups -OCH3 is 1. The van der Waals surface area contributed by atoms with Crippen molar-refractivity contribution in [3.63, 3.8) is 0 Å². The van der Waals surface area contributed by atoms with Crippen molar-refractivity contribution < 1.29 is 4.74 Å². The lowest BCUT2D eigenvalue weighted by molar-refractivity contribution is 0.414. The lowest BCUT2D eigenvalue weighted by Crippen LogP contribution is -1.88. The van der Waals surface area contributed by atoms with E-state index in [1.165, 1.54) is 9.13 Å². The summed E-state index contributed by atoms with van der Waals surface area (Å²) in [6, 6.07) is 6.15. The minimum atomic E-state index is 0.947. The molecule has 0 amide bonds. The van der Waals surface area contributed by atoms with Crippen molar-refractivity contribution in [1.82, 2.24) is 0 Å². The van der Waals surface area contributed by atoms with Gasteiger partial charge in [0.2, 0.25) is 0 Å². The Bertz CT molecular complexity index is 245. The summed E-state index contributed by atoms with van der Waals surface area (Å²) in [7, 11) is 1.70. The molecule has 0 aliphatic rings. The summed E-state index contributed by atoms with van der Waals surface area (Å²) >= 11 is 2.34. The van der Waals surface area contributed by atoms with Crippen LogP contribution in [0.4, 0.5) is 0 Å². The predicted octanol–water partition coefficient (Wildman–Crippen LogP) is 2.86. The highest BCUT2D eigenvalue weighted by Gasteiger charge is 1.98. The van der Waals surface area contributed by atoms with Crippen LogP contribution in [0.3, 0.4) is 0 Å². The van der Waals surface area contributed by atoms with E-state index in [4.69, 9.17) is 4.74 Å². The topological polar surface area (TPSA) is 9.23 Å². The molecule has 1 aromatic rings. The van der Waals surface area contributed by atoms with Crippen molar-refractivity contribution in [2.45, 2.75) is 13.3 Å². The molecule has 2 heteroatoms. The van der Waals surface area contributed by atoms with Gasteiger partial charge in [0.25, 0.3) is 0 Å². The molecule has 1 rings (SSSR count). The summed E-state index contributed by atoms with van der Waals surface area (Å²) in [5.41, 5.74) is 1.35. The molecule has 0 radical (unpaired) electrons. The van der Waals surface area contributed by atoms with E-state index < -0.39 is 0 Å². The molecule has 1 nitrogen and oxygen atoms in total. The van der Waals surface area contributed by atoms with Crippen LogP contribution in [0.25, 0.3) is 0 Å². The fourth-order valence-electron chi connectivity index (χ4n) is 0.949. The molecule has 0 aromatic heterocycles. The Morgan fingerprint density at radius 1 is 1.45 bits per heavy atom. The van der Waals surface area contributed by atoms with E-state index in [-0.39, 0.29) is 0 Å². The van der Waals surface area contributed by atoms with Crippen molar-refractivity contribution in [1.29, 1.82) is 0 Å². The van der Waals surface area contributed by atoms with Crippen molar-refractivity contribution in [2.24, 2.45) is 0 Å².